The molecular formula is C18H28ClN2O2+. The average Bonchev–Trinajstić information content (AvgIpc) is 2.50. The summed E-state index contributed by atoms with van der Waals surface area (Å²) in [5.41, 5.74) is 0.628. The first-order chi connectivity index (χ1) is 11.1. The van der Waals surface area contributed by atoms with Crippen molar-refractivity contribution in [2.24, 2.45) is 0 Å². The normalized spacial score (nSPS) is 17.9. The lowest BCUT2D eigenvalue weighted by atomic mass is 9.96. The van der Waals surface area contributed by atoms with E-state index >= 15 is 0 Å². The van der Waals surface area contributed by atoms with Crippen molar-refractivity contribution in [2.45, 2.75) is 64.0 Å². The summed E-state index contributed by atoms with van der Waals surface area (Å²) in [6, 6.07) is 5.67. The summed E-state index contributed by atoms with van der Waals surface area (Å²) in [5, 5.41) is 5.74. The SMILES string of the molecule is COc1ccc(Cl)cc1NC(=O)[C@@H](C)[NH2+]C1CCCCCCC1. The molecule has 1 aliphatic carbocycles. The van der Waals surface area contributed by atoms with Crippen LogP contribution < -0.4 is 15.4 Å². The van der Waals surface area contributed by atoms with Crippen molar-refractivity contribution in [3.05, 3.63) is 23.2 Å². The summed E-state index contributed by atoms with van der Waals surface area (Å²) in [6.07, 6.45) is 8.97. The molecule has 0 bridgehead atoms. The molecule has 1 amide bonds. The maximum absolute atomic E-state index is 12.5. The molecule has 4 nitrogen and oxygen atoms in total. The second kappa shape index (κ2) is 9.14. The van der Waals surface area contributed by atoms with Gasteiger partial charge in [-0.2, -0.15) is 0 Å². The highest BCUT2D eigenvalue weighted by molar-refractivity contribution is 6.31. The fourth-order valence-corrected chi connectivity index (χ4v) is 3.37. The van der Waals surface area contributed by atoms with Crippen molar-refractivity contribution in [1.82, 2.24) is 0 Å². The Hall–Kier alpha value is -1.26. The van der Waals surface area contributed by atoms with Crippen molar-refractivity contribution in [3.63, 3.8) is 0 Å². The van der Waals surface area contributed by atoms with E-state index in [9.17, 15) is 4.79 Å². The lowest BCUT2D eigenvalue weighted by Gasteiger charge is -2.22. The summed E-state index contributed by atoms with van der Waals surface area (Å²) in [4.78, 5) is 12.5. The van der Waals surface area contributed by atoms with Crippen LogP contribution in [0.4, 0.5) is 5.69 Å². The lowest BCUT2D eigenvalue weighted by Crippen LogP contribution is -2.96. The van der Waals surface area contributed by atoms with Gasteiger partial charge in [0.15, 0.2) is 6.04 Å². The van der Waals surface area contributed by atoms with Crippen molar-refractivity contribution in [1.29, 1.82) is 0 Å². The quantitative estimate of drug-likeness (QED) is 0.864. The molecular weight excluding hydrogens is 312 g/mol. The Morgan fingerprint density at radius 3 is 2.57 bits per heavy atom. The number of halogens is 1. The van der Waals surface area contributed by atoms with Gasteiger partial charge >= 0.3 is 0 Å². The molecule has 1 aliphatic rings. The molecule has 1 atom stereocenters. The third kappa shape index (κ3) is 5.70. The zero-order valence-electron chi connectivity index (χ0n) is 14.1. The largest absolute Gasteiger partial charge is 0.495 e. The van der Waals surface area contributed by atoms with Crippen LogP contribution in [0.2, 0.25) is 5.02 Å². The van der Waals surface area contributed by atoms with Gasteiger partial charge in [-0.15, -0.1) is 0 Å². The third-order valence-corrected chi connectivity index (χ3v) is 4.78. The van der Waals surface area contributed by atoms with Gasteiger partial charge in [-0.25, -0.2) is 0 Å². The van der Waals surface area contributed by atoms with E-state index in [0.29, 0.717) is 22.5 Å². The number of rotatable bonds is 5. The van der Waals surface area contributed by atoms with E-state index < -0.39 is 0 Å². The number of quaternary nitrogens is 1. The van der Waals surface area contributed by atoms with E-state index in [1.54, 1.807) is 25.3 Å². The molecule has 0 saturated heterocycles. The summed E-state index contributed by atoms with van der Waals surface area (Å²) < 4.78 is 5.28. The second-order valence-electron chi connectivity index (χ2n) is 6.42. The standard InChI is InChI=1S/C18H27ClN2O2/c1-13(20-15-8-6-4-3-5-7-9-15)18(22)21-16-12-14(19)10-11-17(16)23-2/h10-13,15,20H,3-9H2,1-2H3,(H,21,22)/p+1/t13-/m1/s1. The summed E-state index contributed by atoms with van der Waals surface area (Å²) in [7, 11) is 1.59. The molecule has 128 valence electrons. The van der Waals surface area contributed by atoms with Gasteiger partial charge in [0, 0.05) is 5.02 Å². The van der Waals surface area contributed by atoms with Gasteiger partial charge in [0.2, 0.25) is 0 Å². The number of carbonyl (C=O) groups is 1. The van der Waals surface area contributed by atoms with E-state index in [1.165, 1.54) is 44.9 Å². The zero-order chi connectivity index (χ0) is 16.7. The molecule has 0 heterocycles. The number of nitrogens with two attached hydrogens (primary N) is 1. The van der Waals surface area contributed by atoms with Crippen molar-refractivity contribution >= 4 is 23.2 Å². The van der Waals surface area contributed by atoms with E-state index in [-0.39, 0.29) is 11.9 Å². The number of hydrogen-bond donors (Lipinski definition) is 2. The number of amides is 1. The number of anilines is 1. The molecule has 0 spiro atoms. The Labute approximate surface area is 143 Å². The van der Waals surface area contributed by atoms with Crippen LogP contribution in [0.3, 0.4) is 0 Å². The highest BCUT2D eigenvalue weighted by Gasteiger charge is 2.23. The second-order valence-corrected chi connectivity index (χ2v) is 6.86. The van der Waals surface area contributed by atoms with Crippen LogP contribution in [-0.4, -0.2) is 25.1 Å². The lowest BCUT2D eigenvalue weighted by molar-refractivity contribution is -0.707. The van der Waals surface area contributed by atoms with Crippen LogP contribution in [0.5, 0.6) is 5.75 Å². The van der Waals surface area contributed by atoms with Gasteiger partial charge in [-0.05, 0) is 50.8 Å². The maximum atomic E-state index is 12.5. The minimum Gasteiger partial charge on any atom is -0.495 e. The molecule has 0 aromatic heterocycles. The molecule has 5 heteroatoms. The number of ether oxygens (including phenoxy) is 1. The van der Waals surface area contributed by atoms with Gasteiger partial charge in [0.25, 0.3) is 5.91 Å². The van der Waals surface area contributed by atoms with Gasteiger partial charge < -0.3 is 15.4 Å². The Bertz CT molecular complexity index is 514. The fourth-order valence-electron chi connectivity index (χ4n) is 3.20. The number of carbonyl (C=O) groups excluding carboxylic acids is 1. The number of benzene rings is 1. The van der Waals surface area contributed by atoms with Crippen LogP contribution in [0.1, 0.15) is 51.9 Å². The maximum Gasteiger partial charge on any atom is 0.282 e. The first kappa shape index (κ1) is 18.1. The molecule has 1 aromatic rings. The summed E-state index contributed by atoms with van der Waals surface area (Å²) in [6.45, 7) is 1.96. The first-order valence-electron chi connectivity index (χ1n) is 8.59. The summed E-state index contributed by atoms with van der Waals surface area (Å²) in [5.74, 6) is 0.619. The predicted molar refractivity (Wildman–Crippen MR) is 94.1 cm³/mol. The molecule has 0 unspecified atom stereocenters. The first-order valence-corrected chi connectivity index (χ1v) is 8.97. The van der Waals surface area contributed by atoms with Gasteiger partial charge in [0.1, 0.15) is 5.75 Å². The molecule has 2 rings (SSSR count). The predicted octanol–water partition coefficient (Wildman–Crippen LogP) is 3.35. The third-order valence-electron chi connectivity index (χ3n) is 4.54. The molecule has 0 aliphatic heterocycles. The zero-order valence-corrected chi connectivity index (χ0v) is 14.9. The molecule has 3 N–H and O–H groups in total. The van der Waals surface area contributed by atoms with Crippen LogP contribution in [-0.2, 0) is 4.79 Å². The fraction of sp³-hybridized carbons (Fsp3) is 0.611. The van der Waals surface area contributed by atoms with Crippen molar-refractivity contribution in [3.8, 4) is 5.75 Å². The van der Waals surface area contributed by atoms with E-state index in [4.69, 9.17) is 16.3 Å². The Kier molecular flexibility index (Phi) is 7.18. The minimum absolute atomic E-state index is 0.00683. The van der Waals surface area contributed by atoms with Gasteiger partial charge in [-0.3, -0.25) is 4.79 Å². The molecule has 1 fully saturated rings. The molecule has 0 radical (unpaired) electrons. The topological polar surface area (TPSA) is 54.9 Å². The smallest absolute Gasteiger partial charge is 0.282 e. The van der Waals surface area contributed by atoms with Crippen LogP contribution in [0.25, 0.3) is 0 Å². The number of methoxy groups -OCH3 is 1. The highest BCUT2D eigenvalue weighted by Crippen LogP contribution is 2.27. The van der Waals surface area contributed by atoms with E-state index in [0.717, 1.165) is 0 Å². The van der Waals surface area contributed by atoms with Crippen LogP contribution in [0.15, 0.2) is 18.2 Å². The van der Waals surface area contributed by atoms with E-state index in [1.807, 2.05) is 6.92 Å². The summed E-state index contributed by atoms with van der Waals surface area (Å²) >= 11 is 6.01. The average molecular weight is 340 g/mol. The number of nitrogens with one attached hydrogen (secondary N) is 1. The van der Waals surface area contributed by atoms with Gasteiger partial charge in [-0.1, -0.05) is 30.9 Å². The monoisotopic (exact) mass is 339 g/mol. The Balaban J connectivity index is 1.92. The van der Waals surface area contributed by atoms with E-state index in [2.05, 4.69) is 10.6 Å². The Morgan fingerprint density at radius 2 is 1.91 bits per heavy atom. The molecule has 23 heavy (non-hydrogen) atoms. The molecule has 1 aromatic carbocycles. The highest BCUT2D eigenvalue weighted by atomic mass is 35.5. The van der Waals surface area contributed by atoms with Crippen LogP contribution in [0, 0.1) is 0 Å². The van der Waals surface area contributed by atoms with Crippen molar-refractivity contribution in [2.75, 3.05) is 12.4 Å². The minimum atomic E-state index is -0.122. The van der Waals surface area contributed by atoms with Crippen LogP contribution >= 0.6 is 11.6 Å². The van der Waals surface area contributed by atoms with Crippen molar-refractivity contribution < 1.29 is 14.8 Å². The van der Waals surface area contributed by atoms with Gasteiger partial charge in [0.05, 0.1) is 18.8 Å². The number of hydrogen-bond acceptors (Lipinski definition) is 2. The molecule has 1 saturated carbocycles. The Morgan fingerprint density at radius 1 is 1.26 bits per heavy atom.